The van der Waals surface area contributed by atoms with Crippen molar-refractivity contribution in [1.29, 1.82) is 0 Å². The molecule has 0 radical (unpaired) electrons. The summed E-state index contributed by atoms with van der Waals surface area (Å²) >= 11 is 0. The first-order chi connectivity index (χ1) is 11.7. The van der Waals surface area contributed by atoms with Gasteiger partial charge in [0.2, 0.25) is 5.91 Å². The first-order valence-electron chi connectivity index (χ1n) is 8.54. The van der Waals surface area contributed by atoms with E-state index in [0.29, 0.717) is 6.54 Å². The number of aryl methyl sites for hydroxylation is 1. The van der Waals surface area contributed by atoms with Crippen LogP contribution in [0.15, 0.2) is 30.5 Å². The Morgan fingerprint density at radius 1 is 1.25 bits per heavy atom. The lowest BCUT2D eigenvalue weighted by atomic mass is 10.1. The second-order valence-corrected chi connectivity index (χ2v) is 6.58. The summed E-state index contributed by atoms with van der Waals surface area (Å²) in [6.45, 7) is 2.34. The van der Waals surface area contributed by atoms with Gasteiger partial charge in [0, 0.05) is 13.1 Å². The van der Waals surface area contributed by atoms with E-state index in [1.165, 1.54) is 12.1 Å². The Kier molecular flexibility index (Phi) is 4.06. The Morgan fingerprint density at radius 3 is 2.92 bits per heavy atom. The van der Waals surface area contributed by atoms with Gasteiger partial charge in [-0.05, 0) is 49.9 Å². The molecule has 0 unspecified atom stereocenters. The lowest BCUT2D eigenvalue weighted by molar-refractivity contribution is -0.123. The Morgan fingerprint density at radius 2 is 2.08 bits per heavy atom. The monoisotopic (exact) mass is 328 g/mol. The summed E-state index contributed by atoms with van der Waals surface area (Å²) in [7, 11) is 0. The maximum atomic E-state index is 13.1. The molecule has 1 aromatic heterocycles. The predicted molar refractivity (Wildman–Crippen MR) is 89.1 cm³/mol. The largest absolute Gasteiger partial charge is 0.308 e. The molecular weight excluding hydrogens is 307 g/mol. The zero-order valence-electron chi connectivity index (χ0n) is 13.5. The summed E-state index contributed by atoms with van der Waals surface area (Å²) in [4.78, 5) is 17.2. The number of carbonyl (C=O) groups is 1. The minimum atomic E-state index is -0.228. The first kappa shape index (κ1) is 15.3. The third-order valence-corrected chi connectivity index (χ3v) is 5.01. The normalized spacial score (nSPS) is 21.0. The van der Waals surface area contributed by atoms with E-state index in [0.717, 1.165) is 55.7 Å². The molecule has 5 nitrogen and oxygen atoms in total. The van der Waals surface area contributed by atoms with Crippen LogP contribution in [0.1, 0.15) is 30.5 Å². The maximum Gasteiger partial charge on any atom is 0.244 e. The van der Waals surface area contributed by atoms with Crippen LogP contribution in [0.3, 0.4) is 0 Å². The summed E-state index contributed by atoms with van der Waals surface area (Å²) in [5.74, 6) is -0.0643. The smallest absolute Gasteiger partial charge is 0.244 e. The number of rotatable bonds is 3. The molecule has 1 fully saturated rings. The number of anilines is 1. The SMILES string of the molecule is O=C([C@@H]1CCCN1Cc1ccc(F)cc1)N1CCCc2[nH]ncc21. The van der Waals surface area contributed by atoms with Crippen LogP contribution in [0.5, 0.6) is 0 Å². The number of nitrogens with one attached hydrogen (secondary N) is 1. The standard InChI is InChI=1S/C18H21FN4O/c19-14-7-5-13(6-8-14)12-22-9-2-4-16(22)18(24)23-10-1-3-15-17(23)11-20-21-15/h5-8,11,16H,1-4,9-10,12H2,(H,20,21)/t16-/m0/s1. The fraction of sp³-hybridized carbons (Fsp3) is 0.444. The minimum absolute atomic E-state index is 0.101. The zero-order chi connectivity index (χ0) is 16.5. The van der Waals surface area contributed by atoms with E-state index in [2.05, 4.69) is 15.1 Å². The highest BCUT2D eigenvalue weighted by Gasteiger charge is 2.36. The van der Waals surface area contributed by atoms with Crippen molar-refractivity contribution in [3.8, 4) is 0 Å². The zero-order valence-corrected chi connectivity index (χ0v) is 13.5. The molecule has 0 spiro atoms. The lowest BCUT2D eigenvalue weighted by Gasteiger charge is -2.32. The molecule has 1 aromatic carbocycles. The van der Waals surface area contributed by atoms with E-state index in [-0.39, 0.29) is 17.8 Å². The summed E-state index contributed by atoms with van der Waals surface area (Å²) in [5, 5.41) is 7.09. The molecule has 2 aliphatic heterocycles. The molecule has 1 amide bonds. The molecule has 2 aliphatic rings. The van der Waals surface area contributed by atoms with Gasteiger partial charge in [0.1, 0.15) is 5.82 Å². The number of likely N-dealkylation sites (tertiary alicyclic amines) is 1. The van der Waals surface area contributed by atoms with Crippen molar-refractivity contribution in [3.05, 3.63) is 47.5 Å². The number of hydrogen-bond donors (Lipinski definition) is 1. The number of aromatic nitrogens is 2. The molecule has 0 saturated carbocycles. The number of carbonyl (C=O) groups excluding carboxylic acids is 1. The minimum Gasteiger partial charge on any atom is -0.308 e. The van der Waals surface area contributed by atoms with Gasteiger partial charge in [-0.2, -0.15) is 5.10 Å². The number of benzene rings is 1. The number of nitrogens with zero attached hydrogens (tertiary/aromatic N) is 3. The predicted octanol–water partition coefficient (Wildman–Crippen LogP) is 2.49. The summed E-state index contributed by atoms with van der Waals surface area (Å²) < 4.78 is 13.1. The highest BCUT2D eigenvalue weighted by Crippen LogP contribution is 2.29. The third kappa shape index (κ3) is 2.82. The molecule has 24 heavy (non-hydrogen) atoms. The molecule has 3 heterocycles. The molecule has 4 rings (SSSR count). The van der Waals surface area contributed by atoms with Crippen LogP contribution in [-0.4, -0.2) is 40.1 Å². The van der Waals surface area contributed by atoms with Gasteiger partial charge in [-0.3, -0.25) is 14.8 Å². The summed E-state index contributed by atoms with van der Waals surface area (Å²) in [5.41, 5.74) is 3.02. The molecule has 1 atom stereocenters. The third-order valence-electron chi connectivity index (χ3n) is 5.01. The van der Waals surface area contributed by atoms with Crippen molar-refractivity contribution in [2.75, 3.05) is 18.0 Å². The average Bonchev–Trinajstić information content (AvgIpc) is 3.25. The van der Waals surface area contributed by atoms with E-state index < -0.39 is 0 Å². The first-order valence-corrected chi connectivity index (χ1v) is 8.54. The topological polar surface area (TPSA) is 52.2 Å². The second-order valence-electron chi connectivity index (χ2n) is 6.58. The van der Waals surface area contributed by atoms with Crippen molar-refractivity contribution in [2.24, 2.45) is 0 Å². The highest BCUT2D eigenvalue weighted by atomic mass is 19.1. The van der Waals surface area contributed by atoms with Gasteiger partial charge >= 0.3 is 0 Å². The van der Waals surface area contributed by atoms with E-state index in [1.54, 1.807) is 18.3 Å². The average molecular weight is 328 g/mol. The van der Waals surface area contributed by atoms with Crippen LogP contribution in [0.25, 0.3) is 0 Å². The van der Waals surface area contributed by atoms with Crippen molar-refractivity contribution >= 4 is 11.6 Å². The number of aromatic amines is 1. The molecular formula is C18H21FN4O. The molecule has 2 aromatic rings. The number of hydrogen-bond acceptors (Lipinski definition) is 3. The van der Waals surface area contributed by atoms with E-state index >= 15 is 0 Å². The number of H-pyrrole nitrogens is 1. The molecule has 6 heteroatoms. The van der Waals surface area contributed by atoms with E-state index in [4.69, 9.17) is 0 Å². The quantitative estimate of drug-likeness (QED) is 0.942. The van der Waals surface area contributed by atoms with Crippen LogP contribution in [0.2, 0.25) is 0 Å². The fourth-order valence-electron chi connectivity index (χ4n) is 3.79. The van der Waals surface area contributed by atoms with Crippen molar-refractivity contribution in [2.45, 2.75) is 38.3 Å². The van der Waals surface area contributed by atoms with Gasteiger partial charge in [-0.15, -0.1) is 0 Å². The van der Waals surface area contributed by atoms with Gasteiger partial charge in [-0.25, -0.2) is 4.39 Å². The van der Waals surface area contributed by atoms with Crippen LogP contribution in [0, 0.1) is 5.82 Å². The van der Waals surface area contributed by atoms with Crippen LogP contribution < -0.4 is 4.90 Å². The van der Waals surface area contributed by atoms with Crippen molar-refractivity contribution in [1.82, 2.24) is 15.1 Å². The van der Waals surface area contributed by atoms with Crippen molar-refractivity contribution < 1.29 is 9.18 Å². The lowest BCUT2D eigenvalue weighted by Crippen LogP contribution is -2.47. The second kappa shape index (κ2) is 6.36. The van der Waals surface area contributed by atoms with Gasteiger partial charge in [0.15, 0.2) is 0 Å². The Labute approximate surface area is 140 Å². The highest BCUT2D eigenvalue weighted by molar-refractivity contribution is 5.98. The van der Waals surface area contributed by atoms with Gasteiger partial charge < -0.3 is 4.90 Å². The van der Waals surface area contributed by atoms with Gasteiger partial charge in [0.05, 0.1) is 23.6 Å². The molecule has 0 bridgehead atoms. The Balaban J connectivity index is 1.51. The van der Waals surface area contributed by atoms with E-state index in [1.807, 2.05) is 4.90 Å². The Bertz CT molecular complexity index is 727. The van der Waals surface area contributed by atoms with Gasteiger partial charge in [-0.1, -0.05) is 12.1 Å². The summed E-state index contributed by atoms with van der Waals surface area (Å²) in [6.07, 6.45) is 5.56. The molecule has 126 valence electrons. The molecule has 0 aliphatic carbocycles. The van der Waals surface area contributed by atoms with Crippen molar-refractivity contribution in [3.63, 3.8) is 0 Å². The Hall–Kier alpha value is -2.21. The van der Waals surface area contributed by atoms with Crippen LogP contribution in [-0.2, 0) is 17.8 Å². The van der Waals surface area contributed by atoms with Crippen LogP contribution >= 0.6 is 0 Å². The number of amides is 1. The molecule has 1 N–H and O–H groups in total. The summed E-state index contributed by atoms with van der Waals surface area (Å²) in [6, 6.07) is 6.44. The molecule has 1 saturated heterocycles. The number of halogens is 1. The van der Waals surface area contributed by atoms with E-state index in [9.17, 15) is 9.18 Å². The maximum absolute atomic E-state index is 13.1. The fourth-order valence-corrected chi connectivity index (χ4v) is 3.79. The van der Waals surface area contributed by atoms with Gasteiger partial charge in [0.25, 0.3) is 0 Å². The number of fused-ring (bicyclic) bond motifs is 1. The van der Waals surface area contributed by atoms with Crippen LogP contribution in [0.4, 0.5) is 10.1 Å².